The van der Waals surface area contributed by atoms with Gasteiger partial charge in [0.1, 0.15) is 5.82 Å². The molecule has 15 heavy (non-hydrogen) atoms. The van der Waals surface area contributed by atoms with Crippen molar-refractivity contribution in [2.24, 2.45) is 0 Å². The van der Waals surface area contributed by atoms with Crippen molar-refractivity contribution in [3.8, 4) is 0 Å². The summed E-state index contributed by atoms with van der Waals surface area (Å²) in [5.74, 6) is -0.131. The van der Waals surface area contributed by atoms with Crippen LogP contribution in [0.15, 0.2) is 30.3 Å². The van der Waals surface area contributed by atoms with E-state index in [1.165, 1.54) is 6.07 Å². The van der Waals surface area contributed by atoms with Crippen LogP contribution in [0.25, 0.3) is 5.57 Å². The Balaban J connectivity index is 2.24. The molecule has 1 nitrogen and oxygen atoms in total. The van der Waals surface area contributed by atoms with E-state index < -0.39 is 0 Å². The molecule has 0 spiro atoms. The number of hydrogen-bond donors (Lipinski definition) is 1. The fraction of sp³-hybridized carbons (Fsp3) is 0.308. The molecule has 79 valence electrons. The van der Waals surface area contributed by atoms with E-state index in [1.807, 2.05) is 12.1 Å². The topological polar surface area (TPSA) is 12.0 Å². The van der Waals surface area contributed by atoms with E-state index in [0.717, 1.165) is 30.5 Å². The first-order chi connectivity index (χ1) is 7.31. The molecule has 1 N–H and O–H groups in total. The number of hydrogen-bond acceptors (Lipinski definition) is 1. The van der Waals surface area contributed by atoms with E-state index in [9.17, 15) is 4.39 Å². The van der Waals surface area contributed by atoms with Gasteiger partial charge in [-0.15, -0.1) is 0 Å². The van der Waals surface area contributed by atoms with E-state index in [1.54, 1.807) is 6.07 Å². The molecule has 1 radical (unpaired) electrons. The Bertz CT molecular complexity index is 371. The Labute approximate surface area is 90.0 Å². The molecule has 0 aliphatic carbocycles. The summed E-state index contributed by atoms with van der Waals surface area (Å²) < 4.78 is 13.5. The molecule has 1 aromatic rings. The molecule has 0 fully saturated rings. The van der Waals surface area contributed by atoms with Crippen LogP contribution in [0.4, 0.5) is 4.39 Å². The summed E-state index contributed by atoms with van der Waals surface area (Å²) in [5.41, 5.74) is 1.83. The smallest absolute Gasteiger partial charge is 0.130 e. The highest BCUT2D eigenvalue weighted by molar-refractivity contribution is 5.67. The summed E-state index contributed by atoms with van der Waals surface area (Å²) in [6.07, 6.45) is 3.76. The molecule has 2 heteroatoms. The number of nitrogens with one attached hydrogen (secondary N) is 1. The van der Waals surface area contributed by atoms with Crippen molar-refractivity contribution in [2.45, 2.75) is 18.9 Å². The molecule has 1 aromatic carbocycles. The van der Waals surface area contributed by atoms with Crippen LogP contribution in [-0.4, -0.2) is 12.6 Å². The van der Waals surface area contributed by atoms with Crippen molar-refractivity contribution >= 4 is 5.57 Å². The maximum atomic E-state index is 13.5. The first-order valence-electron chi connectivity index (χ1n) is 5.28. The minimum atomic E-state index is -0.131. The van der Waals surface area contributed by atoms with Gasteiger partial charge in [0.05, 0.1) is 0 Å². The first kappa shape index (κ1) is 10.4. The summed E-state index contributed by atoms with van der Waals surface area (Å²) in [5, 5.41) is 3.33. The lowest BCUT2D eigenvalue weighted by atomic mass is 9.94. The van der Waals surface area contributed by atoms with Crippen LogP contribution in [0.5, 0.6) is 0 Å². The van der Waals surface area contributed by atoms with E-state index in [4.69, 9.17) is 0 Å². The van der Waals surface area contributed by atoms with Crippen LogP contribution in [0, 0.1) is 12.7 Å². The van der Waals surface area contributed by atoms with Gasteiger partial charge in [-0.25, -0.2) is 4.39 Å². The van der Waals surface area contributed by atoms with Crippen LogP contribution < -0.4 is 5.32 Å². The van der Waals surface area contributed by atoms with E-state index in [0.29, 0.717) is 6.04 Å². The first-order valence-corrected chi connectivity index (χ1v) is 5.28. The van der Waals surface area contributed by atoms with Gasteiger partial charge in [0, 0.05) is 18.2 Å². The van der Waals surface area contributed by atoms with Crippen LogP contribution in [-0.2, 0) is 0 Å². The molecule has 0 amide bonds. The van der Waals surface area contributed by atoms with Gasteiger partial charge in [-0.05, 0) is 24.5 Å². The fourth-order valence-electron chi connectivity index (χ4n) is 1.92. The maximum absolute atomic E-state index is 13.5. The molecule has 1 atom stereocenters. The van der Waals surface area contributed by atoms with Gasteiger partial charge < -0.3 is 5.32 Å². The van der Waals surface area contributed by atoms with Crippen molar-refractivity contribution in [3.05, 3.63) is 48.6 Å². The lowest BCUT2D eigenvalue weighted by Gasteiger charge is -2.23. The van der Waals surface area contributed by atoms with Crippen molar-refractivity contribution in [2.75, 3.05) is 6.54 Å². The Hall–Kier alpha value is -1.15. The van der Waals surface area contributed by atoms with Gasteiger partial charge in [-0.2, -0.15) is 0 Å². The molecular weight excluding hydrogens is 189 g/mol. The largest absolute Gasteiger partial charge is 0.310 e. The van der Waals surface area contributed by atoms with E-state index in [2.05, 4.69) is 18.3 Å². The number of benzene rings is 1. The highest BCUT2D eigenvalue weighted by Crippen LogP contribution is 2.25. The molecule has 2 rings (SSSR count). The van der Waals surface area contributed by atoms with E-state index in [-0.39, 0.29) is 5.82 Å². The molecular formula is C13H15FN. The molecule has 1 heterocycles. The van der Waals surface area contributed by atoms with Gasteiger partial charge in [0.25, 0.3) is 0 Å². The summed E-state index contributed by atoms with van der Waals surface area (Å²) in [6.45, 7) is 4.69. The van der Waals surface area contributed by atoms with Crippen LogP contribution in [0.1, 0.15) is 18.4 Å². The number of halogens is 1. The molecule has 0 bridgehead atoms. The lowest BCUT2D eigenvalue weighted by molar-refractivity contribution is 0.537. The fourth-order valence-corrected chi connectivity index (χ4v) is 1.92. The average Bonchev–Trinajstić information content (AvgIpc) is 2.30. The third-order valence-corrected chi connectivity index (χ3v) is 2.79. The van der Waals surface area contributed by atoms with Gasteiger partial charge in [0.15, 0.2) is 0 Å². The summed E-state index contributed by atoms with van der Waals surface area (Å²) in [6, 6.07) is 7.33. The molecule has 1 aliphatic rings. The average molecular weight is 204 g/mol. The van der Waals surface area contributed by atoms with Crippen molar-refractivity contribution in [1.82, 2.24) is 5.32 Å². The monoisotopic (exact) mass is 204 g/mol. The number of rotatable bonds is 2. The maximum Gasteiger partial charge on any atom is 0.130 e. The Kier molecular flexibility index (Phi) is 3.17. The SMILES string of the molecule is [CH2]CC1CC(c2ccccc2F)=CCN1. The highest BCUT2D eigenvalue weighted by atomic mass is 19.1. The second-order valence-electron chi connectivity index (χ2n) is 3.81. The third-order valence-electron chi connectivity index (χ3n) is 2.79. The van der Waals surface area contributed by atoms with Crippen LogP contribution in [0.3, 0.4) is 0 Å². The van der Waals surface area contributed by atoms with Gasteiger partial charge in [-0.3, -0.25) is 0 Å². The predicted molar refractivity (Wildman–Crippen MR) is 60.8 cm³/mol. The van der Waals surface area contributed by atoms with Crippen LogP contribution in [0.2, 0.25) is 0 Å². The molecule has 0 saturated carbocycles. The summed E-state index contributed by atoms with van der Waals surface area (Å²) in [7, 11) is 0. The predicted octanol–water partition coefficient (Wildman–Crippen LogP) is 2.80. The van der Waals surface area contributed by atoms with Crippen molar-refractivity contribution in [3.63, 3.8) is 0 Å². The standard InChI is InChI=1S/C13H15FN/c1-2-11-9-10(7-8-15-11)12-5-3-4-6-13(12)14/h3-7,11,15H,1-2,8-9H2. The normalized spacial score (nSPS) is 21.2. The highest BCUT2D eigenvalue weighted by Gasteiger charge is 2.15. The quantitative estimate of drug-likeness (QED) is 0.781. The Morgan fingerprint density at radius 1 is 1.40 bits per heavy atom. The lowest BCUT2D eigenvalue weighted by Crippen LogP contribution is -2.32. The van der Waals surface area contributed by atoms with Crippen molar-refractivity contribution < 1.29 is 4.39 Å². The van der Waals surface area contributed by atoms with Gasteiger partial charge >= 0.3 is 0 Å². The Morgan fingerprint density at radius 2 is 2.20 bits per heavy atom. The molecule has 1 unspecified atom stereocenters. The van der Waals surface area contributed by atoms with Crippen molar-refractivity contribution in [1.29, 1.82) is 0 Å². The third kappa shape index (κ3) is 2.26. The molecule has 0 aromatic heterocycles. The van der Waals surface area contributed by atoms with Crippen LogP contribution >= 0.6 is 0 Å². The molecule has 0 saturated heterocycles. The second-order valence-corrected chi connectivity index (χ2v) is 3.81. The minimum Gasteiger partial charge on any atom is -0.310 e. The molecule has 1 aliphatic heterocycles. The Morgan fingerprint density at radius 3 is 2.93 bits per heavy atom. The summed E-state index contributed by atoms with van der Waals surface area (Å²) in [4.78, 5) is 0. The van der Waals surface area contributed by atoms with E-state index >= 15 is 0 Å². The zero-order chi connectivity index (χ0) is 10.7. The van der Waals surface area contributed by atoms with Gasteiger partial charge in [-0.1, -0.05) is 31.2 Å². The van der Waals surface area contributed by atoms with Gasteiger partial charge in [0.2, 0.25) is 0 Å². The zero-order valence-electron chi connectivity index (χ0n) is 8.67. The second kappa shape index (κ2) is 4.58. The summed E-state index contributed by atoms with van der Waals surface area (Å²) >= 11 is 0. The zero-order valence-corrected chi connectivity index (χ0v) is 8.67. The minimum absolute atomic E-state index is 0.131.